The van der Waals surface area contributed by atoms with Gasteiger partial charge in [0.25, 0.3) is 17.3 Å². The summed E-state index contributed by atoms with van der Waals surface area (Å²) in [6, 6.07) is 25.9. The molecule has 0 amide bonds. The standard InChI is InChI=1S/C44H37F2N5.Pt/c1-42(2,3)29-18-21-48-41(26-29)51-39-25-30(16-17-35(39)36-19-20-47-27-40(36)51)44(45,46)32-22-31(43(4,5)6)23-34(24-32)50-28-49(33-12-8-7-9-13-33)37-14-10-11-15-38(37)50;/h7-23,26-27H,1-6H3;/q;+2/i7D,8D,9D,12D,13D;. The van der Waals surface area contributed by atoms with E-state index in [-0.39, 0.29) is 43.4 Å². The molecule has 0 atom stereocenters. The van der Waals surface area contributed by atoms with Gasteiger partial charge in [0.05, 0.1) is 18.6 Å². The third-order valence-electron chi connectivity index (χ3n) is 9.23. The Morgan fingerprint density at radius 3 is 2.17 bits per heavy atom. The molecule has 3 aromatic heterocycles. The fourth-order valence-corrected chi connectivity index (χ4v) is 6.40. The van der Waals surface area contributed by atoms with Crippen LogP contribution in [-0.4, -0.2) is 20.5 Å². The number of para-hydroxylation sites is 3. The van der Waals surface area contributed by atoms with Crippen LogP contribution < -0.4 is 9.15 Å². The molecular weight excluding hydrogens is 832 g/mol. The zero-order valence-electron chi connectivity index (χ0n) is 34.4. The van der Waals surface area contributed by atoms with Gasteiger partial charge in [-0.25, -0.2) is 13.8 Å². The number of fused-ring (bicyclic) bond motifs is 4. The summed E-state index contributed by atoms with van der Waals surface area (Å²) >= 11 is 0. The second-order valence-corrected chi connectivity index (χ2v) is 14.7. The van der Waals surface area contributed by atoms with Crippen LogP contribution in [0.15, 0.2) is 116 Å². The number of aromatic nitrogens is 3. The van der Waals surface area contributed by atoms with Crippen LogP contribution in [0.2, 0.25) is 0 Å². The summed E-state index contributed by atoms with van der Waals surface area (Å²) in [5.41, 5.74) is 2.35. The van der Waals surface area contributed by atoms with E-state index in [1.54, 1.807) is 55.0 Å². The number of alkyl halides is 2. The maximum atomic E-state index is 17.3. The number of nitrogens with zero attached hydrogens (tertiary/aromatic N) is 5. The molecule has 0 aliphatic carbocycles. The molecule has 0 unspecified atom stereocenters. The molecular formula is C44H37F2N5Pt+2. The molecule has 0 fully saturated rings. The van der Waals surface area contributed by atoms with Gasteiger partial charge < -0.3 is 4.57 Å². The molecule has 0 N–H and O–H groups in total. The number of halogens is 2. The Hall–Kier alpha value is -5.09. The number of hydrogen-bond acceptors (Lipinski definition) is 2. The SMILES string of the molecule is [2H]c1c([2H])c([2H])c([N+]2=C=[N+](c3[c-]c(C(F)(F)c4[c-]c5c(cc4)c4ccncc4n5-c4cc(C(C)(C)C)ccn4)cc(C(C)(C)C)c3)c3ccccc32)c([2H])c1[2H].[Pt+2]. The Labute approximate surface area is 323 Å². The molecule has 0 radical (unpaired) electrons. The van der Waals surface area contributed by atoms with Crippen molar-refractivity contribution in [3.63, 3.8) is 0 Å². The van der Waals surface area contributed by atoms with E-state index < -0.39 is 47.1 Å². The van der Waals surface area contributed by atoms with Crippen LogP contribution in [0.3, 0.4) is 0 Å². The van der Waals surface area contributed by atoms with Crippen molar-refractivity contribution in [2.24, 2.45) is 0 Å². The van der Waals surface area contributed by atoms with Gasteiger partial charge in [-0.15, -0.1) is 17.0 Å². The first-order valence-corrected chi connectivity index (χ1v) is 16.6. The molecule has 0 bridgehead atoms. The fourth-order valence-electron chi connectivity index (χ4n) is 6.40. The van der Waals surface area contributed by atoms with Crippen molar-refractivity contribution in [1.29, 1.82) is 0 Å². The average molecular weight is 874 g/mol. The second kappa shape index (κ2) is 12.8. The molecule has 0 saturated heterocycles. The third-order valence-corrected chi connectivity index (χ3v) is 9.23. The van der Waals surface area contributed by atoms with E-state index in [4.69, 9.17) is 6.85 Å². The smallest absolute Gasteiger partial charge is 0.318 e. The summed E-state index contributed by atoms with van der Waals surface area (Å²) in [6.07, 6.45) is 5.10. The number of benzene rings is 4. The first-order valence-electron chi connectivity index (χ1n) is 19.1. The molecule has 4 heterocycles. The molecule has 7 aromatic rings. The van der Waals surface area contributed by atoms with Gasteiger partial charge in [-0.1, -0.05) is 105 Å². The molecule has 4 aromatic carbocycles. The Bertz CT molecular complexity index is 2840. The summed E-state index contributed by atoms with van der Waals surface area (Å²) in [5.74, 6) is -3.02. The van der Waals surface area contributed by atoms with Crippen molar-refractivity contribution >= 4 is 50.6 Å². The maximum absolute atomic E-state index is 17.3. The zero-order valence-corrected chi connectivity index (χ0v) is 31.7. The van der Waals surface area contributed by atoms with Gasteiger partial charge in [0.15, 0.2) is 0 Å². The topological polar surface area (TPSA) is 36.7 Å². The van der Waals surface area contributed by atoms with Gasteiger partial charge in [0.1, 0.15) is 11.5 Å². The quantitative estimate of drug-likeness (QED) is 0.128. The van der Waals surface area contributed by atoms with Gasteiger partial charge in [0, 0.05) is 36.6 Å². The minimum absolute atomic E-state index is 0. The maximum Gasteiger partial charge on any atom is 2.00 e. The first kappa shape index (κ1) is 29.5. The number of rotatable bonds is 5. The van der Waals surface area contributed by atoms with Crippen molar-refractivity contribution in [3.8, 4) is 5.82 Å². The predicted octanol–water partition coefficient (Wildman–Crippen LogP) is 10.8. The van der Waals surface area contributed by atoms with Crippen molar-refractivity contribution in [2.75, 3.05) is 0 Å². The van der Waals surface area contributed by atoms with Gasteiger partial charge in [0.2, 0.25) is 5.69 Å². The Balaban J connectivity index is 0.00000496. The van der Waals surface area contributed by atoms with E-state index in [9.17, 15) is 0 Å². The van der Waals surface area contributed by atoms with Gasteiger partial charge in [-0.05, 0) is 44.6 Å². The molecule has 0 spiro atoms. The average Bonchev–Trinajstić information content (AvgIpc) is 3.71. The van der Waals surface area contributed by atoms with Crippen LogP contribution in [-0.2, 0) is 37.8 Å². The van der Waals surface area contributed by atoms with Crippen molar-refractivity contribution in [1.82, 2.24) is 23.7 Å². The predicted molar refractivity (Wildman–Crippen MR) is 202 cm³/mol. The molecule has 1 aliphatic heterocycles. The van der Waals surface area contributed by atoms with Crippen molar-refractivity contribution in [3.05, 3.63) is 150 Å². The minimum atomic E-state index is -3.59. The van der Waals surface area contributed by atoms with Gasteiger partial charge >= 0.3 is 27.1 Å². The van der Waals surface area contributed by atoms with Crippen LogP contribution in [0.25, 0.3) is 27.6 Å². The van der Waals surface area contributed by atoms with Gasteiger partial charge in [-0.3, -0.25) is 4.98 Å². The molecule has 5 nitrogen and oxygen atoms in total. The first-order chi connectivity index (χ1) is 26.4. The summed E-state index contributed by atoms with van der Waals surface area (Å²) < 4.78 is 81.2. The van der Waals surface area contributed by atoms with Gasteiger partial charge in [-0.2, -0.15) is 18.2 Å². The largest absolute Gasteiger partial charge is 2.00 e. The second-order valence-electron chi connectivity index (χ2n) is 14.7. The monoisotopic (exact) mass is 873 g/mol. The summed E-state index contributed by atoms with van der Waals surface area (Å²) in [7, 11) is 0. The van der Waals surface area contributed by atoms with Crippen molar-refractivity contribution in [2.45, 2.75) is 58.3 Å². The van der Waals surface area contributed by atoms with E-state index in [2.05, 4.69) is 48.9 Å². The van der Waals surface area contributed by atoms with E-state index in [0.29, 0.717) is 33.8 Å². The normalized spacial score (nSPS) is 14.5. The molecule has 8 heteroatoms. The fraction of sp³-hybridized carbons (Fsp3) is 0.205. The van der Waals surface area contributed by atoms with Crippen LogP contribution in [0, 0.1) is 12.1 Å². The Kier molecular flexibility index (Phi) is 7.28. The minimum Gasteiger partial charge on any atom is -0.318 e. The van der Waals surface area contributed by atoms with Crippen molar-refractivity contribution < 1.29 is 36.7 Å². The summed E-state index contributed by atoms with van der Waals surface area (Å²) in [4.78, 5) is 9.01. The van der Waals surface area contributed by atoms with Crippen LogP contribution in [0.1, 0.15) is 70.7 Å². The molecule has 0 saturated carbocycles. The van der Waals surface area contributed by atoms with Crippen LogP contribution >= 0.6 is 0 Å². The molecule has 260 valence electrons. The molecule has 1 aliphatic rings. The summed E-state index contributed by atoms with van der Waals surface area (Å²) in [6.45, 7) is 12.1. The molecule has 8 rings (SSSR count). The van der Waals surface area contributed by atoms with E-state index >= 15 is 8.78 Å². The van der Waals surface area contributed by atoms with E-state index in [1.165, 1.54) is 21.3 Å². The molecule has 52 heavy (non-hydrogen) atoms. The Morgan fingerprint density at radius 2 is 1.46 bits per heavy atom. The van der Waals surface area contributed by atoms with E-state index in [0.717, 1.165) is 16.3 Å². The Morgan fingerprint density at radius 1 is 0.750 bits per heavy atom. The third kappa shape index (κ3) is 6.02. The number of pyridine rings is 2. The number of hydrogen-bond donors (Lipinski definition) is 0. The van der Waals surface area contributed by atoms with Crippen LogP contribution in [0.4, 0.5) is 31.5 Å². The zero-order chi connectivity index (χ0) is 40.1. The summed E-state index contributed by atoms with van der Waals surface area (Å²) in [5, 5.41) is 1.55. The van der Waals surface area contributed by atoms with Crippen LogP contribution in [0.5, 0.6) is 0 Å². The van der Waals surface area contributed by atoms with E-state index in [1.807, 2.05) is 43.5 Å².